The van der Waals surface area contributed by atoms with E-state index >= 15 is 0 Å². The number of hydrogen-bond acceptors (Lipinski definition) is 5. The van der Waals surface area contributed by atoms with Crippen LogP contribution in [-0.2, 0) is 6.61 Å². The normalized spacial score (nSPS) is 11.8. The largest absolute Gasteiger partial charge is 0.484 e. The van der Waals surface area contributed by atoms with Gasteiger partial charge in [-0.3, -0.25) is 4.79 Å². The molecular formula is C19H22N2O4. The Bertz CT molecular complexity index is 759. The van der Waals surface area contributed by atoms with Crippen molar-refractivity contribution < 1.29 is 19.1 Å². The second-order valence-electron chi connectivity index (χ2n) is 6.06. The minimum atomic E-state index is -0.619. The van der Waals surface area contributed by atoms with Crippen molar-refractivity contribution in [3.8, 4) is 11.8 Å². The minimum Gasteiger partial charge on any atom is -0.484 e. The van der Waals surface area contributed by atoms with Gasteiger partial charge in [-0.1, -0.05) is 12.1 Å². The third kappa shape index (κ3) is 4.85. The monoisotopic (exact) mass is 342 g/mol. The fourth-order valence-electron chi connectivity index (χ4n) is 2.36. The van der Waals surface area contributed by atoms with Crippen LogP contribution in [0.4, 0.5) is 0 Å². The fourth-order valence-corrected chi connectivity index (χ4v) is 2.36. The number of rotatable bonds is 7. The number of ether oxygens (including phenoxy) is 1. The second kappa shape index (κ2) is 8.36. The van der Waals surface area contributed by atoms with Crippen LogP contribution in [0.15, 0.2) is 40.8 Å². The van der Waals surface area contributed by atoms with E-state index in [0.717, 1.165) is 0 Å². The number of carbonyl (C=O) groups is 1. The highest BCUT2D eigenvalue weighted by molar-refractivity contribution is 5.91. The van der Waals surface area contributed by atoms with Crippen LogP contribution in [0.3, 0.4) is 0 Å². The molecule has 1 amide bonds. The molecule has 0 spiro atoms. The van der Waals surface area contributed by atoms with Gasteiger partial charge in [0.25, 0.3) is 5.91 Å². The molecule has 6 heteroatoms. The van der Waals surface area contributed by atoms with E-state index in [1.165, 1.54) is 0 Å². The Labute approximate surface area is 147 Å². The predicted octanol–water partition coefficient (Wildman–Crippen LogP) is 2.96. The van der Waals surface area contributed by atoms with Crippen LogP contribution in [0.1, 0.15) is 42.6 Å². The molecule has 0 radical (unpaired) electrons. The van der Waals surface area contributed by atoms with Gasteiger partial charge in [0, 0.05) is 12.6 Å². The maximum atomic E-state index is 12.5. The average molecular weight is 342 g/mol. The zero-order valence-electron chi connectivity index (χ0n) is 14.6. The second-order valence-corrected chi connectivity index (χ2v) is 6.06. The molecule has 25 heavy (non-hydrogen) atoms. The van der Waals surface area contributed by atoms with Crippen molar-refractivity contribution in [3.05, 3.63) is 53.5 Å². The van der Waals surface area contributed by atoms with Crippen molar-refractivity contribution in [2.75, 3.05) is 6.54 Å². The lowest BCUT2D eigenvalue weighted by atomic mass is 10.2. The molecule has 2 rings (SSSR count). The van der Waals surface area contributed by atoms with Crippen LogP contribution in [0.25, 0.3) is 0 Å². The van der Waals surface area contributed by atoms with Gasteiger partial charge >= 0.3 is 0 Å². The quantitative estimate of drug-likeness (QED) is 0.836. The van der Waals surface area contributed by atoms with Gasteiger partial charge in [-0.15, -0.1) is 0 Å². The zero-order chi connectivity index (χ0) is 18.4. The first-order chi connectivity index (χ1) is 11.9. The summed E-state index contributed by atoms with van der Waals surface area (Å²) in [7, 11) is 0. The predicted molar refractivity (Wildman–Crippen MR) is 92.1 cm³/mol. The maximum absolute atomic E-state index is 12.5. The minimum absolute atomic E-state index is 0.0607. The summed E-state index contributed by atoms with van der Waals surface area (Å²) in [4.78, 5) is 14.1. The van der Waals surface area contributed by atoms with Crippen molar-refractivity contribution in [1.29, 1.82) is 5.26 Å². The number of aliphatic hydroxyl groups is 1. The lowest BCUT2D eigenvalue weighted by molar-refractivity contribution is 0.0545. The molecule has 2 aromatic rings. The van der Waals surface area contributed by atoms with E-state index in [1.807, 2.05) is 13.8 Å². The van der Waals surface area contributed by atoms with Crippen LogP contribution in [0.2, 0.25) is 0 Å². The lowest BCUT2D eigenvalue weighted by Gasteiger charge is -2.27. The number of nitriles is 1. The van der Waals surface area contributed by atoms with Gasteiger partial charge in [0.1, 0.15) is 24.2 Å². The van der Waals surface area contributed by atoms with Crippen LogP contribution in [0, 0.1) is 11.3 Å². The summed E-state index contributed by atoms with van der Waals surface area (Å²) in [5.41, 5.74) is 0.438. The highest BCUT2D eigenvalue weighted by atomic mass is 16.5. The number of hydrogen-bond donors (Lipinski definition) is 1. The first-order valence-electron chi connectivity index (χ1n) is 8.12. The Morgan fingerprint density at radius 2 is 2.00 bits per heavy atom. The molecule has 0 bridgehead atoms. The standard InChI is InChI=1S/C19H22N2O4/c1-13(2)21(11-14(3)22)19(23)18-9-8-16(25-18)12-24-17-7-5-4-6-15(17)10-20/h4-9,13-14,22H,11-12H2,1-3H3. The average Bonchev–Trinajstić information content (AvgIpc) is 3.06. The van der Waals surface area contributed by atoms with E-state index in [2.05, 4.69) is 6.07 Å². The lowest BCUT2D eigenvalue weighted by Crippen LogP contribution is -2.41. The fraction of sp³-hybridized carbons (Fsp3) is 0.368. The third-order valence-electron chi connectivity index (χ3n) is 3.60. The van der Waals surface area contributed by atoms with Crippen LogP contribution < -0.4 is 4.74 Å². The maximum Gasteiger partial charge on any atom is 0.289 e. The molecule has 132 valence electrons. The molecule has 0 aliphatic carbocycles. The third-order valence-corrected chi connectivity index (χ3v) is 3.60. The Morgan fingerprint density at radius 1 is 1.28 bits per heavy atom. The van der Waals surface area contributed by atoms with Gasteiger partial charge in [0.2, 0.25) is 0 Å². The number of benzene rings is 1. The molecule has 6 nitrogen and oxygen atoms in total. The number of furan rings is 1. The summed E-state index contributed by atoms with van der Waals surface area (Å²) >= 11 is 0. The summed E-state index contributed by atoms with van der Waals surface area (Å²) in [6.07, 6.45) is -0.619. The molecule has 0 aliphatic heterocycles. The van der Waals surface area contributed by atoms with Gasteiger partial charge in [0.05, 0.1) is 11.7 Å². The molecular weight excluding hydrogens is 320 g/mol. The Hall–Kier alpha value is -2.78. The summed E-state index contributed by atoms with van der Waals surface area (Å²) < 4.78 is 11.2. The van der Waals surface area contributed by atoms with Crippen LogP contribution in [-0.4, -0.2) is 34.6 Å². The van der Waals surface area contributed by atoms with E-state index in [-0.39, 0.29) is 30.9 Å². The van der Waals surface area contributed by atoms with Gasteiger partial charge < -0.3 is 19.2 Å². The SMILES string of the molecule is CC(O)CN(C(=O)c1ccc(COc2ccccc2C#N)o1)C(C)C. The molecule has 1 aromatic carbocycles. The van der Waals surface area contributed by atoms with Crippen LogP contribution in [0.5, 0.6) is 5.75 Å². The first-order valence-corrected chi connectivity index (χ1v) is 8.12. The number of amides is 1. The topological polar surface area (TPSA) is 86.7 Å². The number of para-hydroxylation sites is 1. The van der Waals surface area contributed by atoms with E-state index in [1.54, 1.807) is 48.2 Å². The molecule has 1 atom stereocenters. The molecule has 1 N–H and O–H groups in total. The highest BCUT2D eigenvalue weighted by Crippen LogP contribution is 2.19. The molecule has 1 heterocycles. The number of carbonyl (C=O) groups excluding carboxylic acids is 1. The first kappa shape index (κ1) is 18.6. The van der Waals surface area contributed by atoms with Crippen molar-refractivity contribution >= 4 is 5.91 Å². The molecule has 0 saturated carbocycles. The Balaban J connectivity index is 2.06. The Kier molecular flexibility index (Phi) is 6.20. The van der Waals surface area contributed by atoms with E-state index in [9.17, 15) is 9.90 Å². The number of nitrogens with zero attached hydrogens (tertiary/aromatic N) is 2. The van der Waals surface area contributed by atoms with E-state index in [4.69, 9.17) is 14.4 Å². The Morgan fingerprint density at radius 3 is 2.64 bits per heavy atom. The zero-order valence-corrected chi connectivity index (χ0v) is 14.6. The van der Waals surface area contributed by atoms with Gasteiger partial charge in [-0.05, 0) is 45.0 Å². The molecule has 1 aromatic heterocycles. The van der Waals surface area contributed by atoms with Gasteiger partial charge in [-0.2, -0.15) is 5.26 Å². The van der Waals surface area contributed by atoms with E-state index < -0.39 is 6.10 Å². The van der Waals surface area contributed by atoms with Crippen molar-refractivity contribution in [2.24, 2.45) is 0 Å². The van der Waals surface area contributed by atoms with Crippen molar-refractivity contribution in [3.63, 3.8) is 0 Å². The molecule has 1 unspecified atom stereocenters. The number of aliphatic hydroxyl groups excluding tert-OH is 1. The van der Waals surface area contributed by atoms with E-state index in [0.29, 0.717) is 17.1 Å². The van der Waals surface area contributed by atoms with Crippen LogP contribution >= 0.6 is 0 Å². The summed E-state index contributed by atoms with van der Waals surface area (Å²) in [6.45, 7) is 5.75. The smallest absolute Gasteiger partial charge is 0.289 e. The molecule has 0 fully saturated rings. The van der Waals surface area contributed by atoms with Gasteiger partial charge in [-0.25, -0.2) is 0 Å². The highest BCUT2D eigenvalue weighted by Gasteiger charge is 2.23. The van der Waals surface area contributed by atoms with Crippen molar-refractivity contribution in [1.82, 2.24) is 4.90 Å². The van der Waals surface area contributed by atoms with Gasteiger partial charge in [0.15, 0.2) is 5.76 Å². The summed E-state index contributed by atoms with van der Waals surface area (Å²) in [6, 6.07) is 12.2. The summed E-state index contributed by atoms with van der Waals surface area (Å²) in [5, 5.41) is 18.6. The summed E-state index contributed by atoms with van der Waals surface area (Å²) in [5.74, 6) is 0.866. The molecule has 0 saturated heterocycles. The molecule has 0 aliphatic rings. The van der Waals surface area contributed by atoms with Crippen molar-refractivity contribution in [2.45, 2.75) is 39.5 Å².